The maximum Gasteiger partial charge on any atom is 0.485 e. The van der Waals surface area contributed by atoms with Crippen LogP contribution in [0.1, 0.15) is 0 Å². The number of rotatable bonds is 8. The second-order valence-electron chi connectivity index (χ2n) is 7.41. The largest absolute Gasteiger partial charge is 0.741 e. The average molecular weight is 617 g/mol. The number of benzene rings is 3. The lowest BCUT2D eigenvalue weighted by atomic mass is 10.3. The van der Waals surface area contributed by atoms with E-state index in [1.807, 2.05) is 47.7 Å². The first kappa shape index (κ1) is 30.7. The molecule has 0 amide bonds. The van der Waals surface area contributed by atoms with E-state index in [0.717, 1.165) is 17.2 Å². The molecule has 0 unspecified atom stereocenters. The summed E-state index contributed by atoms with van der Waals surface area (Å²) in [5.41, 5.74) is -5.65. The zero-order valence-corrected chi connectivity index (χ0v) is 24.1. The van der Waals surface area contributed by atoms with Crippen LogP contribution < -0.4 is 14.2 Å². The molecule has 0 saturated carbocycles. The van der Waals surface area contributed by atoms with Gasteiger partial charge in [0.15, 0.2) is 19.9 Å². The van der Waals surface area contributed by atoms with Crippen LogP contribution in [0.15, 0.2) is 108 Å². The molecule has 4 aromatic rings. The van der Waals surface area contributed by atoms with Gasteiger partial charge in [-0.3, -0.25) is 0 Å². The first-order valence-electron chi connectivity index (χ1n) is 10.9. The fraction of sp³-hybridized carbons (Fsp3) is 0.154. The third-order valence-electron chi connectivity index (χ3n) is 4.91. The van der Waals surface area contributed by atoms with Gasteiger partial charge in [-0.1, -0.05) is 23.1 Å². The smallest absolute Gasteiger partial charge is 0.485 e. The van der Waals surface area contributed by atoms with Gasteiger partial charge in [-0.05, 0) is 78.9 Å². The minimum absolute atomic E-state index is 0.203. The van der Waals surface area contributed by atoms with Gasteiger partial charge >= 0.3 is 5.51 Å². The van der Waals surface area contributed by atoms with E-state index >= 15 is 0 Å². The van der Waals surface area contributed by atoms with Crippen LogP contribution in [0.2, 0.25) is 0 Å². The minimum atomic E-state index is -6.09. The molecule has 0 aliphatic rings. The summed E-state index contributed by atoms with van der Waals surface area (Å²) in [5, 5.41) is 0. The molecule has 0 fully saturated rings. The van der Waals surface area contributed by atoms with Crippen LogP contribution in [-0.2, 0) is 21.0 Å². The Morgan fingerprint density at radius 3 is 1.46 bits per heavy atom. The molecule has 0 aliphatic carbocycles. The van der Waals surface area contributed by atoms with Crippen LogP contribution in [-0.4, -0.2) is 39.8 Å². The normalized spacial score (nSPS) is 11.5. The van der Waals surface area contributed by atoms with E-state index in [4.69, 9.17) is 27.2 Å². The van der Waals surface area contributed by atoms with Gasteiger partial charge in [0, 0.05) is 11.0 Å². The Morgan fingerprint density at radius 2 is 1.10 bits per heavy atom. The molecular weight excluding hydrogens is 594 g/mol. The molecule has 0 atom stereocenters. The standard InChI is InChI=1S/C25H23O3S3.CHF3O3S/c1-26-18-4-10-21(11-5-18)29-24-16-17-25(30-24)31(22-12-6-19(27-2)7-13-22)23-14-8-20(28-3)9-15-23;2-1(3,4)8(5,6)7/h4-17H,1-3H3;(H,5,6,7)/q+1;/p-1. The first-order valence-corrected chi connectivity index (χ1v) is 15.2. The Labute approximate surface area is 235 Å². The van der Waals surface area contributed by atoms with E-state index in [-0.39, 0.29) is 10.9 Å². The number of hydrogen-bond donors (Lipinski definition) is 0. The van der Waals surface area contributed by atoms with E-state index < -0.39 is 15.6 Å². The summed E-state index contributed by atoms with van der Waals surface area (Å²) < 4.78 is 77.5. The third kappa shape index (κ3) is 8.57. The fourth-order valence-corrected chi connectivity index (χ4v) is 7.95. The SMILES string of the molecule is COc1ccc(Sc2ccc([S+](c3ccc(OC)cc3)c3ccc(OC)cc3)s2)cc1.O=S(=O)([O-])C(F)(F)F. The van der Waals surface area contributed by atoms with Gasteiger partial charge in [-0.25, -0.2) is 8.42 Å². The predicted octanol–water partition coefficient (Wildman–Crippen LogP) is 7.07. The summed E-state index contributed by atoms with van der Waals surface area (Å²) in [4.78, 5) is 3.71. The number of thiophene rings is 1. The lowest BCUT2D eigenvalue weighted by Crippen LogP contribution is -2.21. The molecule has 1 heterocycles. The summed E-state index contributed by atoms with van der Waals surface area (Å²) in [6, 6.07) is 29.4. The van der Waals surface area contributed by atoms with Crippen LogP contribution in [0, 0.1) is 0 Å². The molecule has 0 radical (unpaired) electrons. The molecule has 0 bridgehead atoms. The van der Waals surface area contributed by atoms with Crippen molar-refractivity contribution in [3.05, 3.63) is 84.9 Å². The second-order valence-corrected chi connectivity index (χ2v) is 13.5. The molecule has 0 saturated heterocycles. The van der Waals surface area contributed by atoms with Crippen molar-refractivity contribution in [2.75, 3.05) is 21.3 Å². The van der Waals surface area contributed by atoms with Crippen LogP contribution >= 0.6 is 23.1 Å². The molecule has 3 aromatic carbocycles. The van der Waals surface area contributed by atoms with Crippen LogP contribution in [0.25, 0.3) is 0 Å². The zero-order chi connectivity index (χ0) is 28.6. The Kier molecular flexibility index (Phi) is 10.6. The molecule has 0 N–H and O–H groups in total. The summed E-state index contributed by atoms with van der Waals surface area (Å²) >= 11 is 3.61. The number of methoxy groups -OCH3 is 3. The minimum Gasteiger partial charge on any atom is -0.741 e. The van der Waals surface area contributed by atoms with Crippen molar-refractivity contribution in [1.82, 2.24) is 0 Å². The molecule has 0 spiro atoms. The van der Waals surface area contributed by atoms with Crippen molar-refractivity contribution >= 4 is 44.1 Å². The van der Waals surface area contributed by atoms with Gasteiger partial charge in [0.25, 0.3) is 0 Å². The molecule has 39 heavy (non-hydrogen) atoms. The van der Waals surface area contributed by atoms with E-state index in [1.165, 1.54) is 23.1 Å². The predicted molar refractivity (Wildman–Crippen MR) is 145 cm³/mol. The Hall–Kier alpha value is -2.84. The second kappa shape index (κ2) is 13.5. The van der Waals surface area contributed by atoms with Crippen molar-refractivity contribution in [3.8, 4) is 17.2 Å². The Balaban J connectivity index is 0.000000459. The van der Waals surface area contributed by atoms with Crippen molar-refractivity contribution < 1.29 is 40.4 Å². The van der Waals surface area contributed by atoms with Crippen molar-refractivity contribution in [2.24, 2.45) is 0 Å². The number of ether oxygens (including phenoxy) is 3. The van der Waals surface area contributed by atoms with Gasteiger partial charge in [0.05, 0.1) is 25.5 Å². The number of halogens is 3. The average Bonchev–Trinajstić information content (AvgIpc) is 3.37. The maximum absolute atomic E-state index is 10.7. The highest BCUT2D eigenvalue weighted by atomic mass is 32.2. The summed E-state index contributed by atoms with van der Waals surface area (Å²) in [7, 11) is -1.22. The van der Waals surface area contributed by atoms with Gasteiger partial charge in [-0.15, -0.1) is 0 Å². The molecule has 13 heteroatoms. The summed E-state index contributed by atoms with van der Waals surface area (Å²) in [6.45, 7) is 0. The fourth-order valence-electron chi connectivity index (χ4n) is 3.02. The highest BCUT2D eigenvalue weighted by Gasteiger charge is 2.37. The lowest BCUT2D eigenvalue weighted by molar-refractivity contribution is -0.0517. The molecule has 1 aromatic heterocycles. The maximum atomic E-state index is 10.7. The monoisotopic (exact) mass is 616 g/mol. The van der Waals surface area contributed by atoms with E-state index in [2.05, 4.69) is 48.5 Å². The molecular formula is C26H23F3O6S4. The van der Waals surface area contributed by atoms with E-state index in [9.17, 15) is 13.2 Å². The van der Waals surface area contributed by atoms with Gasteiger partial charge in [0.2, 0.25) is 4.21 Å². The molecule has 0 aliphatic heterocycles. The van der Waals surface area contributed by atoms with Gasteiger partial charge in [-0.2, -0.15) is 13.2 Å². The van der Waals surface area contributed by atoms with Crippen LogP contribution in [0.3, 0.4) is 0 Å². The summed E-state index contributed by atoms with van der Waals surface area (Å²) in [6.07, 6.45) is 0. The van der Waals surface area contributed by atoms with Crippen LogP contribution in [0.4, 0.5) is 13.2 Å². The topological polar surface area (TPSA) is 84.9 Å². The van der Waals surface area contributed by atoms with Gasteiger partial charge < -0.3 is 18.8 Å². The number of hydrogen-bond acceptors (Lipinski definition) is 8. The molecule has 6 nitrogen and oxygen atoms in total. The zero-order valence-electron chi connectivity index (χ0n) is 20.8. The van der Waals surface area contributed by atoms with E-state index in [0.29, 0.717) is 0 Å². The lowest BCUT2D eigenvalue weighted by Gasteiger charge is -2.08. The highest BCUT2D eigenvalue weighted by Crippen LogP contribution is 2.41. The quantitative estimate of drug-likeness (QED) is 0.119. The van der Waals surface area contributed by atoms with Crippen molar-refractivity contribution in [1.29, 1.82) is 0 Å². The molecule has 4 rings (SSSR count). The first-order chi connectivity index (χ1) is 18.4. The van der Waals surface area contributed by atoms with Crippen molar-refractivity contribution in [3.63, 3.8) is 0 Å². The number of alkyl halides is 3. The summed E-state index contributed by atoms with van der Waals surface area (Å²) in [5.74, 6) is 2.60. The van der Waals surface area contributed by atoms with Crippen molar-refractivity contribution in [2.45, 2.75) is 28.6 Å². The third-order valence-corrected chi connectivity index (χ3v) is 10.3. The van der Waals surface area contributed by atoms with Gasteiger partial charge in [0.1, 0.15) is 28.1 Å². The Morgan fingerprint density at radius 1 is 0.718 bits per heavy atom. The van der Waals surface area contributed by atoms with Crippen LogP contribution in [0.5, 0.6) is 17.2 Å². The molecule has 208 valence electrons. The van der Waals surface area contributed by atoms with E-state index in [1.54, 1.807) is 33.1 Å². The Bertz CT molecular complexity index is 1390. The highest BCUT2D eigenvalue weighted by molar-refractivity contribution is 8.02.